The van der Waals surface area contributed by atoms with Crippen molar-refractivity contribution in [2.75, 3.05) is 0 Å². The minimum atomic E-state index is -0.187. The van der Waals surface area contributed by atoms with E-state index in [9.17, 15) is 9.59 Å². The summed E-state index contributed by atoms with van der Waals surface area (Å²) < 4.78 is 0. The van der Waals surface area contributed by atoms with E-state index in [1.54, 1.807) is 0 Å². The Labute approximate surface area is 108 Å². The normalized spacial score (nSPS) is 6.75. The molecule has 0 aliphatic carbocycles. The summed E-state index contributed by atoms with van der Waals surface area (Å²) in [5, 5.41) is 0. The van der Waals surface area contributed by atoms with E-state index in [1.807, 2.05) is 0 Å². The van der Waals surface area contributed by atoms with E-state index in [1.165, 1.54) is 13.8 Å². The van der Waals surface area contributed by atoms with Gasteiger partial charge in [-0.15, -0.1) is 0 Å². The van der Waals surface area contributed by atoms with Crippen molar-refractivity contribution in [2.45, 2.75) is 13.8 Å². The molecule has 3 heteroatoms. The van der Waals surface area contributed by atoms with Gasteiger partial charge in [-0.3, -0.25) is 6.42 Å². The van der Waals surface area contributed by atoms with Crippen LogP contribution in [0.15, 0.2) is 0 Å². The van der Waals surface area contributed by atoms with Crippen LogP contribution in [-0.4, -0.2) is 11.6 Å². The van der Waals surface area contributed by atoms with Crippen molar-refractivity contribution in [3.05, 3.63) is 6.42 Å². The van der Waals surface area contributed by atoms with Gasteiger partial charge in [0.25, 0.3) is 0 Å². The molecular formula is C5H7CsO2. The third-order valence-electron chi connectivity index (χ3n) is 0.407. The summed E-state index contributed by atoms with van der Waals surface area (Å²) in [7, 11) is 0. The van der Waals surface area contributed by atoms with Gasteiger partial charge in [0.15, 0.2) is 0 Å². The molecule has 0 aromatic heterocycles. The van der Waals surface area contributed by atoms with Gasteiger partial charge >= 0.3 is 68.9 Å². The van der Waals surface area contributed by atoms with Crippen molar-refractivity contribution in [1.82, 2.24) is 0 Å². The molecular weight excluding hydrogens is 225 g/mol. The predicted molar refractivity (Wildman–Crippen MR) is 25.7 cm³/mol. The van der Waals surface area contributed by atoms with Crippen LogP contribution >= 0.6 is 0 Å². The van der Waals surface area contributed by atoms with Crippen LogP contribution < -0.4 is 68.9 Å². The SMILES string of the molecule is CC(=O)[CH-]C(C)=O.[Cs+]. The first-order valence-corrected chi connectivity index (χ1v) is 1.99. The molecule has 0 aromatic carbocycles. The minimum absolute atomic E-state index is 0. The molecule has 0 heterocycles. The average Bonchev–Trinajstić information content (AvgIpc) is 1.27. The first-order chi connectivity index (χ1) is 3.13. The van der Waals surface area contributed by atoms with Crippen LogP contribution in [-0.2, 0) is 9.59 Å². The molecule has 8 heavy (non-hydrogen) atoms. The molecule has 40 valence electrons. The topological polar surface area (TPSA) is 34.1 Å². The van der Waals surface area contributed by atoms with Crippen LogP contribution in [0.2, 0.25) is 0 Å². The average molecular weight is 232 g/mol. The number of carbonyl (C=O) groups is 2. The number of ketones is 2. The molecule has 2 nitrogen and oxygen atoms in total. The Morgan fingerprint density at radius 2 is 1.38 bits per heavy atom. The predicted octanol–water partition coefficient (Wildman–Crippen LogP) is -2.63. The molecule has 0 fully saturated rings. The van der Waals surface area contributed by atoms with E-state index in [2.05, 4.69) is 0 Å². The fourth-order valence-electron chi connectivity index (χ4n) is 0.286. The van der Waals surface area contributed by atoms with Crippen molar-refractivity contribution in [2.24, 2.45) is 0 Å². The summed E-state index contributed by atoms with van der Waals surface area (Å²) in [4.78, 5) is 20.0. The van der Waals surface area contributed by atoms with Gasteiger partial charge in [-0.2, -0.15) is 0 Å². The summed E-state index contributed by atoms with van der Waals surface area (Å²) in [5.41, 5.74) is 0. The maximum Gasteiger partial charge on any atom is 1.00 e. The van der Waals surface area contributed by atoms with Gasteiger partial charge in [0.2, 0.25) is 0 Å². The Kier molecular flexibility index (Phi) is 9.57. The van der Waals surface area contributed by atoms with E-state index < -0.39 is 0 Å². The molecule has 0 saturated heterocycles. The Morgan fingerprint density at radius 3 is 1.38 bits per heavy atom. The molecule has 0 N–H and O–H groups in total. The summed E-state index contributed by atoms with van der Waals surface area (Å²) >= 11 is 0. The molecule has 0 bridgehead atoms. The zero-order valence-electron chi connectivity index (χ0n) is 5.39. The van der Waals surface area contributed by atoms with Gasteiger partial charge in [0.05, 0.1) is 0 Å². The van der Waals surface area contributed by atoms with Crippen molar-refractivity contribution in [1.29, 1.82) is 0 Å². The smallest absolute Gasteiger partial charge is 0.334 e. The zero-order valence-corrected chi connectivity index (χ0v) is 11.7. The summed E-state index contributed by atoms with van der Waals surface area (Å²) in [6.45, 7) is 2.70. The second kappa shape index (κ2) is 6.38. The molecule has 0 aromatic rings. The van der Waals surface area contributed by atoms with Crippen molar-refractivity contribution in [3.63, 3.8) is 0 Å². The Hall–Kier alpha value is 1.26. The summed E-state index contributed by atoms with van der Waals surface area (Å²) in [6, 6.07) is 0. The summed E-state index contributed by atoms with van der Waals surface area (Å²) in [6.07, 6.45) is 1.06. The van der Waals surface area contributed by atoms with Crippen molar-refractivity contribution in [3.8, 4) is 0 Å². The van der Waals surface area contributed by atoms with Crippen LogP contribution in [0.25, 0.3) is 0 Å². The first-order valence-electron chi connectivity index (χ1n) is 1.99. The molecule has 0 spiro atoms. The van der Waals surface area contributed by atoms with Gasteiger partial charge in [-0.05, 0) is 13.8 Å². The monoisotopic (exact) mass is 232 g/mol. The number of rotatable bonds is 2. The van der Waals surface area contributed by atoms with Gasteiger partial charge in [0, 0.05) is 11.6 Å². The van der Waals surface area contributed by atoms with Crippen LogP contribution in [0.4, 0.5) is 0 Å². The number of hydrogen-bond acceptors (Lipinski definition) is 2. The van der Waals surface area contributed by atoms with Gasteiger partial charge in [-0.25, -0.2) is 0 Å². The quantitative estimate of drug-likeness (QED) is 0.385. The van der Waals surface area contributed by atoms with E-state index in [4.69, 9.17) is 0 Å². The van der Waals surface area contributed by atoms with Gasteiger partial charge in [-0.1, -0.05) is 0 Å². The molecule has 0 saturated carbocycles. The van der Waals surface area contributed by atoms with E-state index in [-0.39, 0.29) is 80.5 Å². The Bertz CT molecular complexity index is 86.6. The number of hydrogen-bond donors (Lipinski definition) is 0. The van der Waals surface area contributed by atoms with Crippen molar-refractivity contribution < 1.29 is 78.5 Å². The molecule has 0 aliphatic heterocycles. The third-order valence-corrected chi connectivity index (χ3v) is 0.407. The van der Waals surface area contributed by atoms with Gasteiger partial charge in [0.1, 0.15) is 0 Å². The zero-order chi connectivity index (χ0) is 5.86. The van der Waals surface area contributed by atoms with Crippen LogP contribution in [0.3, 0.4) is 0 Å². The second-order valence-electron chi connectivity index (χ2n) is 1.37. The standard InChI is InChI=1S/C5H7O2.Cs/c1-4(6)3-5(2)7;/h3H,1-2H3;/q-1;+1. The van der Waals surface area contributed by atoms with Crippen LogP contribution in [0.1, 0.15) is 13.8 Å². The van der Waals surface area contributed by atoms with E-state index in [0.29, 0.717) is 0 Å². The Balaban J connectivity index is 0. The third kappa shape index (κ3) is 10.3. The molecule has 0 atom stereocenters. The molecule has 0 unspecified atom stereocenters. The minimum Gasteiger partial charge on any atom is -0.334 e. The fourth-order valence-corrected chi connectivity index (χ4v) is 0.286. The first kappa shape index (κ1) is 12.0. The maximum absolute atomic E-state index is 9.98. The number of Topliss-reactive ketones (excluding diaryl/α,β-unsaturated/α-hetero) is 2. The van der Waals surface area contributed by atoms with Crippen LogP contribution in [0.5, 0.6) is 0 Å². The molecule has 0 rings (SSSR count). The molecule has 0 aliphatic rings. The van der Waals surface area contributed by atoms with Gasteiger partial charge < -0.3 is 9.59 Å². The largest absolute Gasteiger partial charge is 1.00 e. The molecule has 0 radical (unpaired) electrons. The Morgan fingerprint density at radius 1 is 1.12 bits per heavy atom. The van der Waals surface area contributed by atoms with E-state index in [0.717, 1.165) is 6.42 Å². The summed E-state index contributed by atoms with van der Waals surface area (Å²) in [5.74, 6) is -0.375. The van der Waals surface area contributed by atoms with Crippen molar-refractivity contribution >= 4 is 11.6 Å². The second-order valence-corrected chi connectivity index (χ2v) is 1.37. The number of carbonyl (C=O) groups excluding carboxylic acids is 2. The molecule has 0 amide bonds. The maximum atomic E-state index is 9.98. The fraction of sp³-hybridized carbons (Fsp3) is 0.400. The van der Waals surface area contributed by atoms with E-state index >= 15 is 0 Å². The van der Waals surface area contributed by atoms with Crippen LogP contribution in [0, 0.1) is 6.42 Å².